The molecule has 1 amide bonds. The van der Waals surface area contributed by atoms with Crippen LogP contribution in [0.4, 0.5) is 14.5 Å². The zero-order valence-electron chi connectivity index (χ0n) is 21.0. The van der Waals surface area contributed by atoms with Crippen LogP contribution in [0, 0.1) is 35.3 Å². The number of anilines is 1. The van der Waals surface area contributed by atoms with Crippen LogP contribution in [-0.4, -0.2) is 26.2 Å². The number of rotatable bonds is 4. The summed E-state index contributed by atoms with van der Waals surface area (Å²) in [6.07, 6.45) is 6.35. The van der Waals surface area contributed by atoms with E-state index < -0.39 is 11.4 Å². The Balaban J connectivity index is 1.14. The number of hydrogen-bond acceptors (Lipinski definition) is 3. The molecule has 3 fully saturated rings. The van der Waals surface area contributed by atoms with E-state index in [-0.39, 0.29) is 28.1 Å². The molecule has 0 spiro atoms. The normalized spacial score (nSPS) is 26.9. The van der Waals surface area contributed by atoms with Crippen molar-refractivity contribution in [1.82, 2.24) is 9.55 Å². The first-order chi connectivity index (χ1) is 18.1. The van der Waals surface area contributed by atoms with Gasteiger partial charge in [-0.15, -0.1) is 0 Å². The highest BCUT2D eigenvalue weighted by Crippen LogP contribution is 2.54. The van der Waals surface area contributed by atoms with Gasteiger partial charge in [-0.25, -0.2) is 13.8 Å². The number of carbonyl (C=O) groups excluding carboxylic acids is 1. The largest absolute Gasteiger partial charge is 0.378 e. The number of aliphatic hydroxyl groups is 1. The molecule has 38 heavy (non-hydrogen) atoms. The second-order valence-electron chi connectivity index (χ2n) is 11.1. The number of halogens is 3. The molecule has 3 aliphatic rings. The predicted molar refractivity (Wildman–Crippen MR) is 141 cm³/mol. The number of amides is 1. The molecule has 0 aliphatic heterocycles. The van der Waals surface area contributed by atoms with Gasteiger partial charge in [-0.2, -0.15) is 0 Å². The van der Waals surface area contributed by atoms with Crippen molar-refractivity contribution in [2.45, 2.75) is 55.5 Å². The molecule has 0 bridgehead atoms. The summed E-state index contributed by atoms with van der Waals surface area (Å²) in [5, 5.41) is 14.1. The van der Waals surface area contributed by atoms with E-state index >= 15 is 0 Å². The summed E-state index contributed by atoms with van der Waals surface area (Å²) in [6, 6.07) is 10.6. The van der Waals surface area contributed by atoms with Crippen molar-refractivity contribution in [2.75, 3.05) is 5.32 Å². The maximum atomic E-state index is 13.5. The van der Waals surface area contributed by atoms with Gasteiger partial charge < -0.3 is 15.0 Å². The zero-order valence-corrected chi connectivity index (χ0v) is 21.7. The SMILES string of the molecule is Cn1cnc(C2CC3CC(O)(C#CC4(c5ccc(F)cc5)CC4)CC3C2)c1C(=O)Nc1ccc(F)c(Cl)c1. The van der Waals surface area contributed by atoms with Gasteiger partial charge in [0.1, 0.15) is 22.9 Å². The minimum absolute atomic E-state index is 0.0579. The molecule has 2 atom stereocenters. The van der Waals surface area contributed by atoms with Crippen molar-refractivity contribution in [3.05, 3.63) is 82.4 Å². The molecule has 5 nitrogen and oxygen atoms in total. The van der Waals surface area contributed by atoms with Gasteiger partial charge in [0.25, 0.3) is 5.91 Å². The van der Waals surface area contributed by atoms with E-state index in [1.54, 1.807) is 30.1 Å². The number of hydrogen-bond donors (Lipinski definition) is 2. The molecular weight excluding hydrogens is 508 g/mol. The highest BCUT2D eigenvalue weighted by atomic mass is 35.5. The highest BCUT2D eigenvalue weighted by Gasteiger charge is 2.50. The quantitative estimate of drug-likeness (QED) is 0.404. The molecule has 8 heteroatoms. The van der Waals surface area contributed by atoms with Gasteiger partial charge in [0.15, 0.2) is 0 Å². The molecule has 1 heterocycles. The van der Waals surface area contributed by atoms with E-state index in [1.165, 1.54) is 30.3 Å². The lowest BCUT2D eigenvalue weighted by atomic mass is 9.90. The molecule has 2 N–H and O–H groups in total. The lowest BCUT2D eigenvalue weighted by Gasteiger charge is -2.19. The summed E-state index contributed by atoms with van der Waals surface area (Å²) in [5.41, 5.74) is 1.35. The van der Waals surface area contributed by atoms with Crippen molar-refractivity contribution in [3.8, 4) is 11.8 Å². The standard InChI is InChI=1S/C30H28ClF2N3O2/c1-36-17-34-26(27(36)28(37)35-23-6-7-25(33)24(31)14-23)18-12-19-15-30(38,16-20(19)13-18)11-10-29(8-9-29)21-2-4-22(32)5-3-21/h2-7,14,17-20,38H,8-9,12-13,15-16H2,1H3,(H,35,37). The van der Waals surface area contributed by atoms with Crippen LogP contribution in [-0.2, 0) is 12.5 Å². The summed E-state index contributed by atoms with van der Waals surface area (Å²) in [7, 11) is 1.78. The van der Waals surface area contributed by atoms with E-state index in [9.17, 15) is 18.7 Å². The van der Waals surface area contributed by atoms with Crippen molar-refractivity contribution in [2.24, 2.45) is 18.9 Å². The molecule has 6 rings (SSSR count). The van der Waals surface area contributed by atoms with Crippen LogP contribution in [0.1, 0.15) is 66.2 Å². The molecule has 3 aromatic rings. The Morgan fingerprint density at radius 3 is 2.42 bits per heavy atom. The Morgan fingerprint density at radius 1 is 1.11 bits per heavy atom. The topological polar surface area (TPSA) is 67.1 Å². The third kappa shape index (κ3) is 4.61. The number of fused-ring (bicyclic) bond motifs is 1. The van der Waals surface area contributed by atoms with Crippen LogP contribution < -0.4 is 5.32 Å². The van der Waals surface area contributed by atoms with Gasteiger partial charge in [-0.1, -0.05) is 35.6 Å². The average molecular weight is 536 g/mol. The molecule has 3 saturated carbocycles. The van der Waals surface area contributed by atoms with E-state index in [0.717, 1.165) is 36.9 Å². The van der Waals surface area contributed by atoms with E-state index in [2.05, 4.69) is 22.1 Å². The Hall–Kier alpha value is -3.21. The predicted octanol–water partition coefficient (Wildman–Crippen LogP) is 5.97. The minimum atomic E-state index is -1.03. The van der Waals surface area contributed by atoms with Gasteiger partial charge in [0, 0.05) is 18.7 Å². The van der Waals surface area contributed by atoms with Crippen LogP contribution in [0.15, 0.2) is 48.8 Å². The van der Waals surface area contributed by atoms with Crippen LogP contribution in [0.2, 0.25) is 5.02 Å². The Morgan fingerprint density at radius 2 is 1.79 bits per heavy atom. The van der Waals surface area contributed by atoms with Gasteiger partial charge in [-0.3, -0.25) is 4.79 Å². The van der Waals surface area contributed by atoms with Crippen LogP contribution >= 0.6 is 11.6 Å². The summed E-state index contributed by atoms with van der Waals surface area (Å²) in [5.74, 6) is 6.15. The second-order valence-corrected chi connectivity index (χ2v) is 11.5. The van der Waals surface area contributed by atoms with Gasteiger partial charge in [0.05, 0.1) is 22.5 Å². The van der Waals surface area contributed by atoms with Crippen LogP contribution in [0.5, 0.6) is 0 Å². The lowest BCUT2D eigenvalue weighted by Crippen LogP contribution is -2.24. The fraction of sp³-hybridized carbons (Fsp3) is 0.400. The van der Waals surface area contributed by atoms with Crippen molar-refractivity contribution in [3.63, 3.8) is 0 Å². The van der Waals surface area contributed by atoms with Gasteiger partial charge in [0.2, 0.25) is 0 Å². The first-order valence-corrected chi connectivity index (χ1v) is 13.3. The fourth-order valence-corrected chi connectivity index (χ4v) is 6.57. The summed E-state index contributed by atoms with van der Waals surface area (Å²) in [4.78, 5) is 17.7. The number of aromatic nitrogens is 2. The fourth-order valence-electron chi connectivity index (χ4n) is 6.39. The summed E-state index contributed by atoms with van der Waals surface area (Å²) in [6.45, 7) is 0. The van der Waals surface area contributed by atoms with E-state index in [0.29, 0.717) is 36.1 Å². The van der Waals surface area contributed by atoms with E-state index in [4.69, 9.17) is 11.6 Å². The van der Waals surface area contributed by atoms with Gasteiger partial charge >= 0.3 is 0 Å². The Kier molecular flexibility index (Phi) is 6.08. The highest BCUT2D eigenvalue weighted by molar-refractivity contribution is 6.31. The van der Waals surface area contributed by atoms with Crippen LogP contribution in [0.25, 0.3) is 0 Å². The zero-order chi connectivity index (χ0) is 26.7. The minimum Gasteiger partial charge on any atom is -0.378 e. The summed E-state index contributed by atoms with van der Waals surface area (Å²) < 4.78 is 28.6. The monoisotopic (exact) mass is 535 g/mol. The molecule has 196 valence electrons. The summed E-state index contributed by atoms with van der Waals surface area (Å²) >= 11 is 5.87. The number of nitrogens with one attached hydrogen (secondary N) is 1. The number of benzene rings is 2. The number of nitrogens with zero attached hydrogens (tertiary/aromatic N) is 2. The first-order valence-electron chi connectivity index (χ1n) is 13.0. The molecule has 2 aromatic carbocycles. The second kappa shape index (κ2) is 9.21. The maximum absolute atomic E-state index is 13.5. The molecule has 0 saturated heterocycles. The first kappa shape index (κ1) is 25.1. The van der Waals surface area contributed by atoms with E-state index in [1.807, 2.05) is 0 Å². The third-order valence-electron chi connectivity index (χ3n) is 8.47. The number of carbonyl (C=O) groups is 1. The maximum Gasteiger partial charge on any atom is 0.274 e. The van der Waals surface area contributed by atoms with Crippen molar-refractivity contribution >= 4 is 23.2 Å². The van der Waals surface area contributed by atoms with Crippen molar-refractivity contribution in [1.29, 1.82) is 0 Å². The lowest BCUT2D eigenvalue weighted by molar-refractivity contribution is 0.0978. The van der Waals surface area contributed by atoms with Gasteiger partial charge in [-0.05, 0) is 86.3 Å². The third-order valence-corrected chi connectivity index (χ3v) is 8.76. The molecule has 3 aliphatic carbocycles. The smallest absolute Gasteiger partial charge is 0.274 e. The Labute approximate surface area is 225 Å². The number of imidazole rings is 1. The Bertz CT molecular complexity index is 1450. The molecule has 2 unspecified atom stereocenters. The molecular formula is C30H28ClF2N3O2. The average Bonchev–Trinajstić information content (AvgIpc) is 3.28. The van der Waals surface area contributed by atoms with Crippen molar-refractivity contribution < 1.29 is 18.7 Å². The number of aryl methyl sites for hydroxylation is 1. The molecule has 0 radical (unpaired) electrons. The molecule has 1 aromatic heterocycles. The van der Waals surface area contributed by atoms with Crippen LogP contribution in [0.3, 0.4) is 0 Å².